The van der Waals surface area contributed by atoms with Gasteiger partial charge in [-0.1, -0.05) is 41.4 Å². The van der Waals surface area contributed by atoms with E-state index in [9.17, 15) is 14.4 Å². The number of para-hydroxylation sites is 1. The summed E-state index contributed by atoms with van der Waals surface area (Å²) in [6.45, 7) is 1.62. The highest BCUT2D eigenvalue weighted by atomic mass is 35.5. The van der Waals surface area contributed by atoms with E-state index in [4.69, 9.17) is 32.7 Å². The molecule has 0 atom stereocenters. The number of aryl methyl sites for hydroxylation is 1. The van der Waals surface area contributed by atoms with Gasteiger partial charge in [0, 0.05) is 5.69 Å². The molecule has 0 aliphatic heterocycles. The van der Waals surface area contributed by atoms with Crippen molar-refractivity contribution in [2.24, 2.45) is 0 Å². The molecule has 0 bridgehead atoms. The maximum absolute atomic E-state index is 13.0. The molecule has 180 valence electrons. The van der Waals surface area contributed by atoms with Crippen LogP contribution in [0.3, 0.4) is 0 Å². The summed E-state index contributed by atoms with van der Waals surface area (Å²) in [6.07, 6.45) is 1.28. The lowest BCUT2D eigenvalue weighted by Crippen LogP contribution is -2.27. The van der Waals surface area contributed by atoms with Gasteiger partial charge in [-0.2, -0.15) is 0 Å². The Kier molecular flexibility index (Phi) is 7.70. The Morgan fingerprint density at radius 2 is 1.86 bits per heavy atom. The third-order valence-electron chi connectivity index (χ3n) is 4.95. The molecule has 0 radical (unpaired) electrons. The first-order chi connectivity index (χ1) is 16.8. The Labute approximate surface area is 214 Å². The number of fused-ring (bicyclic) bond motifs is 1. The number of hydrogen-bond donors (Lipinski definition) is 1. The van der Waals surface area contributed by atoms with Gasteiger partial charge in [0.05, 0.1) is 21.8 Å². The van der Waals surface area contributed by atoms with Crippen molar-refractivity contribution in [3.8, 4) is 5.75 Å². The number of amides is 1. The SMILES string of the molecule is Cc1c(C(=O)OCCOc2ccccc2)sc2ncn(CC(=O)Nc3ccc(Cl)c(Cl)c3)c(=O)c12. The van der Waals surface area contributed by atoms with Crippen LogP contribution in [0.4, 0.5) is 5.69 Å². The number of anilines is 1. The molecule has 2 heterocycles. The second-order valence-electron chi connectivity index (χ2n) is 7.39. The number of aromatic nitrogens is 2. The molecule has 8 nitrogen and oxygen atoms in total. The summed E-state index contributed by atoms with van der Waals surface area (Å²) in [6, 6.07) is 13.8. The minimum absolute atomic E-state index is 0.0496. The molecular weight excluding hydrogens is 513 g/mol. The Balaban J connectivity index is 1.43. The van der Waals surface area contributed by atoms with Gasteiger partial charge in [-0.25, -0.2) is 9.78 Å². The van der Waals surface area contributed by atoms with Gasteiger partial charge in [0.15, 0.2) is 0 Å². The summed E-state index contributed by atoms with van der Waals surface area (Å²) in [7, 11) is 0. The topological polar surface area (TPSA) is 99.5 Å². The fraction of sp³-hybridized carbons (Fsp3) is 0.167. The third-order valence-corrected chi connectivity index (χ3v) is 6.87. The van der Waals surface area contributed by atoms with E-state index in [1.165, 1.54) is 17.0 Å². The standard InChI is InChI=1S/C24H19Cl2N3O5S/c1-14-20-22(35-21(14)24(32)34-10-9-33-16-5-3-2-4-6-16)27-13-29(23(20)31)12-19(30)28-15-7-8-17(25)18(26)11-15/h2-8,11,13H,9-10,12H2,1H3,(H,28,30). The van der Waals surface area contributed by atoms with Gasteiger partial charge in [0.25, 0.3) is 5.56 Å². The van der Waals surface area contributed by atoms with E-state index in [1.54, 1.807) is 31.2 Å². The normalized spacial score (nSPS) is 10.8. The predicted molar refractivity (Wildman–Crippen MR) is 136 cm³/mol. The van der Waals surface area contributed by atoms with Gasteiger partial charge in [-0.15, -0.1) is 11.3 Å². The van der Waals surface area contributed by atoms with Crippen molar-refractivity contribution in [3.05, 3.63) is 85.7 Å². The molecule has 0 aliphatic rings. The van der Waals surface area contributed by atoms with Crippen LogP contribution in [0.5, 0.6) is 5.75 Å². The maximum atomic E-state index is 13.0. The average Bonchev–Trinajstić information content (AvgIpc) is 3.18. The number of halogens is 2. The zero-order valence-electron chi connectivity index (χ0n) is 18.4. The van der Waals surface area contributed by atoms with E-state index in [-0.39, 0.29) is 30.0 Å². The molecule has 4 aromatic rings. The molecule has 1 amide bonds. The van der Waals surface area contributed by atoms with E-state index >= 15 is 0 Å². The fourth-order valence-electron chi connectivity index (χ4n) is 3.27. The summed E-state index contributed by atoms with van der Waals surface area (Å²) in [4.78, 5) is 43.0. The zero-order valence-corrected chi connectivity index (χ0v) is 20.7. The highest BCUT2D eigenvalue weighted by molar-refractivity contribution is 7.20. The number of carbonyl (C=O) groups is 2. The van der Waals surface area contributed by atoms with Crippen molar-refractivity contribution in [1.29, 1.82) is 0 Å². The number of carbonyl (C=O) groups excluding carboxylic acids is 2. The van der Waals surface area contributed by atoms with Gasteiger partial charge < -0.3 is 14.8 Å². The van der Waals surface area contributed by atoms with Crippen LogP contribution in [0.15, 0.2) is 59.7 Å². The van der Waals surface area contributed by atoms with Gasteiger partial charge in [-0.05, 0) is 42.8 Å². The molecule has 4 rings (SSSR count). The Bertz CT molecular complexity index is 1450. The van der Waals surface area contributed by atoms with Crippen molar-refractivity contribution >= 4 is 62.3 Å². The Morgan fingerprint density at radius 3 is 2.60 bits per heavy atom. The molecular formula is C24H19Cl2N3O5S. The van der Waals surface area contributed by atoms with Crippen molar-refractivity contribution in [1.82, 2.24) is 9.55 Å². The number of esters is 1. The maximum Gasteiger partial charge on any atom is 0.348 e. The molecule has 35 heavy (non-hydrogen) atoms. The number of nitrogens with zero attached hydrogens (tertiary/aromatic N) is 2. The number of nitrogens with one attached hydrogen (secondary N) is 1. The lowest BCUT2D eigenvalue weighted by molar-refractivity contribution is -0.116. The van der Waals surface area contributed by atoms with Gasteiger partial charge in [-0.3, -0.25) is 14.2 Å². The smallest absolute Gasteiger partial charge is 0.348 e. The fourth-order valence-corrected chi connectivity index (χ4v) is 4.60. The molecule has 0 saturated carbocycles. The van der Waals surface area contributed by atoms with Crippen molar-refractivity contribution in [3.63, 3.8) is 0 Å². The van der Waals surface area contributed by atoms with Crippen LogP contribution < -0.4 is 15.6 Å². The minimum atomic E-state index is -0.564. The summed E-state index contributed by atoms with van der Waals surface area (Å²) in [5, 5.41) is 3.59. The Morgan fingerprint density at radius 1 is 1.09 bits per heavy atom. The molecule has 0 unspecified atom stereocenters. The number of benzene rings is 2. The molecule has 11 heteroatoms. The third kappa shape index (κ3) is 5.82. The zero-order chi connectivity index (χ0) is 24.9. The van der Waals surface area contributed by atoms with Crippen LogP contribution in [0, 0.1) is 6.92 Å². The van der Waals surface area contributed by atoms with Crippen molar-refractivity contribution in [2.45, 2.75) is 13.5 Å². The number of ether oxygens (including phenoxy) is 2. The molecule has 0 aliphatic carbocycles. The van der Waals surface area contributed by atoms with E-state index in [0.717, 1.165) is 11.3 Å². The molecule has 1 N–H and O–H groups in total. The van der Waals surface area contributed by atoms with Crippen LogP contribution in [-0.2, 0) is 16.1 Å². The highest BCUT2D eigenvalue weighted by Crippen LogP contribution is 2.28. The number of thiophene rings is 1. The first-order valence-electron chi connectivity index (χ1n) is 10.4. The predicted octanol–water partition coefficient (Wildman–Crippen LogP) is 4.95. The second kappa shape index (κ2) is 10.9. The minimum Gasteiger partial charge on any atom is -0.490 e. The first kappa shape index (κ1) is 24.7. The van der Waals surface area contributed by atoms with E-state index in [0.29, 0.717) is 31.9 Å². The monoisotopic (exact) mass is 531 g/mol. The first-order valence-corrected chi connectivity index (χ1v) is 12.0. The molecule has 0 spiro atoms. The lowest BCUT2D eigenvalue weighted by Gasteiger charge is -2.08. The highest BCUT2D eigenvalue weighted by Gasteiger charge is 2.21. The van der Waals surface area contributed by atoms with Crippen LogP contribution in [0.1, 0.15) is 15.2 Å². The van der Waals surface area contributed by atoms with Crippen LogP contribution in [-0.4, -0.2) is 34.6 Å². The number of rotatable bonds is 8. The molecule has 2 aromatic heterocycles. The van der Waals surface area contributed by atoms with E-state index in [1.807, 2.05) is 18.2 Å². The van der Waals surface area contributed by atoms with E-state index < -0.39 is 17.4 Å². The summed E-state index contributed by atoms with van der Waals surface area (Å²) in [5.74, 6) is -0.336. The van der Waals surface area contributed by atoms with Gasteiger partial charge >= 0.3 is 5.97 Å². The summed E-state index contributed by atoms with van der Waals surface area (Å²) >= 11 is 12.9. The average molecular weight is 532 g/mol. The molecule has 0 fully saturated rings. The summed E-state index contributed by atoms with van der Waals surface area (Å²) < 4.78 is 12.0. The van der Waals surface area contributed by atoms with Crippen LogP contribution >= 0.6 is 34.5 Å². The quantitative estimate of drug-likeness (QED) is 0.255. The van der Waals surface area contributed by atoms with Crippen LogP contribution in [0.25, 0.3) is 10.2 Å². The molecule has 2 aromatic carbocycles. The van der Waals surface area contributed by atoms with Crippen molar-refractivity contribution in [2.75, 3.05) is 18.5 Å². The largest absolute Gasteiger partial charge is 0.490 e. The Hall–Kier alpha value is -3.40. The number of hydrogen-bond acceptors (Lipinski definition) is 7. The van der Waals surface area contributed by atoms with Gasteiger partial charge in [0.1, 0.15) is 35.2 Å². The van der Waals surface area contributed by atoms with Crippen LogP contribution in [0.2, 0.25) is 10.0 Å². The molecule has 0 saturated heterocycles. The second-order valence-corrected chi connectivity index (χ2v) is 9.20. The lowest BCUT2D eigenvalue weighted by atomic mass is 10.2. The van der Waals surface area contributed by atoms with Gasteiger partial charge in [0.2, 0.25) is 5.91 Å². The summed E-state index contributed by atoms with van der Waals surface area (Å²) in [5.41, 5.74) is 0.467. The van der Waals surface area contributed by atoms with E-state index in [2.05, 4.69) is 10.3 Å². The van der Waals surface area contributed by atoms with Crippen molar-refractivity contribution < 1.29 is 19.1 Å².